The van der Waals surface area contributed by atoms with Gasteiger partial charge in [0.1, 0.15) is 10.6 Å². The Morgan fingerprint density at radius 1 is 1.37 bits per heavy atom. The van der Waals surface area contributed by atoms with Gasteiger partial charge >= 0.3 is 0 Å². The van der Waals surface area contributed by atoms with E-state index in [-0.39, 0.29) is 10.4 Å². The average molecular weight is 284 g/mol. The Morgan fingerprint density at radius 3 is 2.58 bits per heavy atom. The van der Waals surface area contributed by atoms with Gasteiger partial charge < -0.3 is 10.5 Å². The molecular formula is C13H20N2O3S. The summed E-state index contributed by atoms with van der Waals surface area (Å²) >= 11 is 0. The number of nitrogen functional groups attached to an aromatic ring is 1. The number of sulfonamides is 1. The molecule has 1 aliphatic heterocycles. The molecule has 19 heavy (non-hydrogen) atoms. The molecule has 5 nitrogen and oxygen atoms in total. The van der Waals surface area contributed by atoms with Crippen molar-refractivity contribution in [1.82, 2.24) is 4.31 Å². The standard InChI is InChI=1S/C13H20N2O3S/c1-13(2)7-4-8-15(13)19(16,17)12-6-5-10(14)9-11(12)18-3/h5-6,9H,4,7-8,14H2,1-3H3. The molecule has 0 aromatic heterocycles. The van der Waals surface area contributed by atoms with Crippen LogP contribution in [0.5, 0.6) is 5.75 Å². The van der Waals surface area contributed by atoms with Crippen LogP contribution in [0.2, 0.25) is 0 Å². The SMILES string of the molecule is COc1cc(N)ccc1S(=O)(=O)N1CCCC1(C)C. The van der Waals surface area contributed by atoms with Gasteiger partial charge in [0.05, 0.1) is 7.11 Å². The molecule has 0 amide bonds. The third-order valence-electron chi connectivity index (χ3n) is 3.58. The monoisotopic (exact) mass is 284 g/mol. The zero-order chi connectivity index (χ0) is 14.3. The van der Waals surface area contributed by atoms with Crippen LogP contribution >= 0.6 is 0 Å². The Kier molecular flexibility index (Phi) is 3.49. The summed E-state index contributed by atoms with van der Waals surface area (Å²) in [5.74, 6) is 0.294. The van der Waals surface area contributed by atoms with Crippen LogP contribution in [-0.2, 0) is 10.0 Å². The van der Waals surface area contributed by atoms with Crippen molar-refractivity contribution in [2.45, 2.75) is 37.1 Å². The molecule has 0 aliphatic carbocycles. The predicted molar refractivity (Wildman–Crippen MR) is 74.6 cm³/mol. The molecular weight excluding hydrogens is 264 g/mol. The minimum absolute atomic E-state index is 0.180. The summed E-state index contributed by atoms with van der Waals surface area (Å²) in [5.41, 5.74) is 5.79. The van der Waals surface area contributed by atoms with Gasteiger partial charge in [0, 0.05) is 23.8 Å². The molecule has 0 saturated carbocycles. The van der Waals surface area contributed by atoms with Gasteiger partial charge in [-0.25, -0.2) is 8.42 Å². The maximum atomic E-state index is 12.7. The van der Waals surface area contributed by atoms with Crippen LogP contribution in [0.1, 0.15) is 26.7 Å². The van der Waals surface area contributed by atoms with Crippen molar-refractivity contribution in [2.75, 3.05) is 19.4 Å². The molecule has 106 valence electrons. The predicted octanol–water partition coefficient (Wildman–Crippen LogP) is 1.84. The highest BCUT2D eigenvalue weighted by Gasteiger charge is 2.41. The van der Waals surface area contributed by atoms with E-state index in [0.717, 1.165) is 12.8 Å². The third-order valence-corrected chi connectivity index (χ3v) is 5.73. The molecule has 1 aliphatic rings. The van der Waals surface area contributed by atoms with Gasteiger partial charge in [-0.2, -0.15) is 4.31 Å². The van der Waals surface area contributed by atoms with E-state index < -0.39 is 10.0 Å². The fourth-order valence-corrected chi connectivity index (χ4v) is 4.53. The van der Waals surface area contributed by atoms with E-state index in [1.807, 2.05) is 13.8 Å². The zero-order valence-electron chi connectivity index (χ0n) is 11.5. The fraction of sp³-hybridized carbons (Fsp3) is 0.538. The molecule has 2 rings (SSSR count). The van der Waals surface area contributed by atoms with Gasteiger partial charge in [0.25, 0.3) is 0 Å². The molecule has 0 bridgehead atoms. The van der Waals surface area contributed by atoms with E-state index in [4.69, 9.17) is 10.5 Å². The maximum absolute atomic E-state index is 12.7. The van der Waals surface area contributed by atoms with Crippen LogP contribution in [0.3, 0.4) is 0 Å². The topological polar surface area (TPSA) is 72.6 Å². The second kappa shape index (κ2) is 4.68. The van der Waals surface area contributed by atoms with Crippen molar-refractivity contribution in [3.63, 3.8) is 0 Å². The Hall–Kier alpha value is -1.27. The number of methoxy groups -OCH3 is 1. The van der Waals surface area contributed by atoms with Crippen LogP contribution in [0.15, 0.2) is 23.1 Å². The number of hydrogen-bond donors (Lipinski definition) is 1. The summed E-state index contributed by atoms with van der Waals surface area (Å²) in [4.78, 5) is 0.180. The van der Waals surface area contributed by atoms with Crippen molar-refractivity contribution >= 4 is 15.7 Å². The highest BCUT2D eigenvalue weighted by molar-refractivity contribution is 7.89. The molecule has 1 fully saturated rings. The van der Waals surface area contributed by atoms with Crippen LogP contribution in [0.4, 0.5) is 5.69 Å². The molecule has 1 aromatic carbocycles. The first-order valence-corrected chi connectivity index (χ1v) is 7.69. The van der Waals surface area contributed by atoms with Gasteiger partial charge in [0.15, 0.2) is 0 Å². The summed E-state index contributed by atoms with van der Waals surface area (Å²) in [6.45, 7) is 4.44. The van der Waals surface area contributed by atoms with Gasteiger partial charge in [-0.1, -0.05) is 0 Å². The highest BCUT2D eigenvalue weighted by atomic mass is 32.2. The lowest BCUT2D eigenvalue weighted by molar-refractivity contribution is 0.290. The van der Waals surface area contributed by atoms with E-state index in [2.05, 4.69) is 0 Å². The Balaban J connectivity index is 2.51. The minimum atomic E-state index is -3.55. The number of hydrogen-bond acceptors (Lipinski definition) is 4. The van der Waals surface area contributed by atoms with E-state index >= 15 is 0 Å². The lowest BCUT2D eigenvalue weighted by Gasteiger charge is -2.31. The molecule has 1 aromatic rings. The third kappa shape index (κ3) is 2.42. The Bertz CT molecular complexity index is 582. The van der Waals surface area contributed by atoms with E-state index in [0.29, 0.717) is 18.0 Å². The second-order valence-electron chi connectivity index (χ2n) is 5.40. The number of rotatable bonds is 3. The van der Waals surface area contributed by atoms with Crippen LogP contribution in [0.25, 0.3) is 0 Å². The molecule has 0 radical (unpaired) electrons. The largest absolute Gasteiger partial charge is 0.495 e. The quantitative estimate of drug-likeness (QED) is 0.860. The molecule has 1 saturated heterocycles. The Morgan fingerprint density at radius 2 is 2.05 bits per heavy atom. The smallest absolute Gasteiger partial charge is 0.247 e. The maximum Gasteiger partial charge on any atom is 0.247 e. The summed E-state index contributed by atoms with van der Waals surface area (Å²) in [5, 5.41) is 0. The number of benzene rings is 1. The lowest BCUT2D eigenvalue weighted by atomic mass is 10.0. The molecule has 2 N–H and O–H groups in total. The fourth-order valence-electron chi connectivity index (χ4n) is 2.54. The molecule has 0 unspecified atom stereocenters. The molecule has 6 heteroatoms. The number of ether oxygens (including phenoxy) is 1. The first-order chi connectivity index (χ1) is 8.79. The number of anilines is 1. The van der Waals surface area contributed by atoms with Gasteiger partial charge in [-0.15, -0.1) is 0 Å². The number of nitrogens with zero attached hydrogens (tertiary/aromatic N) is 1. The van der Waals surface area contributed by atoms with Gasteiger partial charge in [-0.3, -0.25) is 0 Å². The van der Waals surface area contributed by atoms with Crippen LogP contribution in [-0.4, -0.2) is 31.9 Å². The summed E-state index contributed by atoms with van der Waals surface area (Å²) < 4.78 is 32.2. The first kappa shape index (κ1) is 14.1. The number of nitrogens with two attached hydrogens (primary N) is 1. The average Bonchev–Trinajstić information content (AvgIpc) is 2.69. The zero-order valence-corrected chi connectivity index (χ0v) is 12.3. The first-order valence-electron chi connectivity index (χ1n) is 6.25. The van der Waals surface area contributed by atoms with Crippen LogP contribution in [0, 0.1) is 0 Å². The van der Waals surface area contributed by atoms with Crippen molar-refractivity contribution in [3.8, 4) is 5.75 Å². The van der Waals surface area contributed by atoms with Crippen molar-refractivity contribution < 1.29 is 13.2 Å². The van der Waals surface area contributed by atoms with Crippen molar-refractivity contribution in [1.29, 1.82) is 0 Å². The van der Waals surface area contributed by atoms with E-state index in [9.17, 15) is 8.42 Å². The van der Waals surface area contributed by atoms with Crippen molar-refractivity contribution in [3.05, 3.63) is 18.2 Å². The normalized spacial score (nSPS) is 19.5. The summed E-state index contributed by atoms with van der Waals surface area (Å²) in [6.07, 6.45) is 1.74. The van der Waals surface area contributed by atoms with Gasteiger partial charge in [-0.05, 0) is 38.8 Å². The Labute approximate surface area is 114 Å². The molecule has 0 atom stereocenters. The van der Waals surface area contributed by atoms with Crippen LogP contribution < -0.4 is 10.5 Å². The lowest BCUT2D eigenvalue weighted by Crippen LogP contribution is -2.42. The van der Waals surface area contributed by atoms with Crippen molar-refractivity contribution in [2.24, 2.45) is 0 Å². The summed E-state index contributed by atoms with van der Waals surface area (Å²) in [6, 6.07) is 4.63. The molecule has 0 spiro atoms. The van der Waals surface area contributed by atoms with E-state index in [1.165, 1.54) is 19.2 Å². The van der Waals surface area contributed by atoms with E-state index in [1.54, 1.807) is 10.4 Å². The molecule has 1 heterocycles. The second-order valence-corrected chi connectivity index (χ2v) is 7.23. The highest BCUT2D eigenvalue weighted by Crippen LogP contribution is 2.37. The summed E-state index contributed by atoms with van der Waals surface area (Å²) in [7, 11) is -2.11. The van der Waals surface area contributed by atoms with Gasteiger partial charge in [0.2, 0.25) is 10.0 Å². The minimum Gasteiger partial charge on any atom is -0.495 e.